The second-order valence-corrected chi connectivity index (χ2v) is 5.79. The molecule has 2 rings (SSSR count). The topological polar surface area (TPSA) is 70.8 Å². The maximum Gasteiger partial charge on any atom is 0.180 e. The first kappa shape index (κ1) is 10.8. The molecule has 0 spiro atoms. The van der Waals surface area contributed by atoms with Crippen LogP contribution in [-0.4, -0.2) is 19.2 Å². The van der Waals surface area contributed by atoms with Crippen LogP contribution in [0.4, 0.5) is 0 Å². The number of pyridine rings is 1. The number of hydrogen-bond acceptors (Lipinski definition) is 4. The summed E-state index contributed by atoms with van der Waals surface area (Å²) in [7, 11) is -3.38. The summed E-state index contributed by atoms with van der Waals surface area (Å²) in [5.74, 6) is 0.163. The molecule has 0 N–H and O–H groups in total. The Kier molecular flexibility index (Phi) is 2.52. The lowest BCUT2D eigenvalue weighted by atomic mass is 10.1. The molecule has 0 atom stereocenters. The van der Waals surface area contributed by atoms with E-state index in [2.05, 4.69) is 4.98 Å². The average Bonchev–Trinajstić information content (AvgIpc) is 3.12. The Morgan fingerprint density at radius 1 is 1.50 bits per heavy atom. The largest absolute Gasteiger partial charge is 0.244 e. The minimum absolute atomic E-state index is 0.0220. The molecule has 0 saturated heterocycles. The Morgan fingerprint density at radius 3 is 2.69 bits per heavy atom. The monoisotopic (exact) mass is 234 g/mol. The van der Waals surface area contributed by atoms with Crippen molar-refractivity contribution < 1.29 is 8.42 Å². The molecule has 4 nitrogen and oxygen atoms in total. The Labute approximate surface area is 94.2 Å². The minimum Gasteiger partial charge on any atom is -0.244 e. The second-order valence-electron chi connectivity index (χ2n) is 3.54. The van der Waals surface area contributed by atoms with Gasteiger partial charge in [0.25, 0.3) is 0 Å². The van der Waals surface area contributed by atoms with Gasteiger partial charge in [-0.3, -0.25) is 0 Å². The second kappa shape index (κ2) is 3.72. The van der Waals surface area contributed by atoms with Crippen LogP contribution in [-0.2, 0) is 9.84 Å². The van der Waals surface area contributed by atoms with Crippen molar-refractivity contribution in [3.63, 3.8) is 0 Å². The molecule has 1 heterocycles. The molecule has 0 radical (unpaired) electrons. The minimum atomic E-state index is -3.38. The molecule has 5 heteroatoms. The molecule has 1 aliphatic rings. The van der Waals surface area contributed by atoms with Gasteiger partial charge in [-0.05, 0) is 11.6 Å². The van der Waals surface area contributed by atoms with E-state index in [0.717, 1.165) is 5.56 Å². The van der Waals surface area contributed by atoms with Gasteiger partial charge in [0.05, 0.1) is 5.75 Å². The molecule has 0 aromatic carbocycles. The maximum absolute atomic E-state index is 11.8. The van der Waals surface area contributed by atoms with E-state index in [1.54, 1.807) is 19.2 Å². The van der Waals surface area contributed by atoms with Crippen LogP contribution in [0.3, 0.4) is 0 Å². The third-order valence-corrected chi connectivity index (χ3v) is 4.21. The number of sulfone groups is 1. The Bertz CT molecular complexity index is 591. The Hall–Kier alpha value is -1.67. The lowest BCUT2D eigenvalue weighted by Crippen LogP contribution is -2.08. The zero-order valence-corrected chi connectivity index (χ0v) is 9.53. The summed E-state index contributed by atoms with van der Waals surface area (Å²) in [5.41, 5.74) is 0.803. The summed E-state index contributed by atoms with van der Waals surface area (Å²) in [5, 5.41) is 8.83. The van der Waals surface area contributed by atoms with Crippen LogP contribution in [0, 0.1) is 11.3 Å². The number of rotatable bonds is 3. The predicted molar refractivity (Wildman–Crippen MR) is 58.6 cm³/mol. The standard InChI is InChI=1S/C11H10N2O2S/c1-2-16(14,15)11-5-9(8-3-4-8)7-13-10(11)6-12/h3-5,7-8H,2H2,1H3. The first-order valence-electron chi connectivity index (χ1n) is 4.89. The van der Waals surface area contributed by atoms with E-state index in [0.29, 0.717) is 0 Å². The van der Waals surface area contributed by atoms with Crippen molar-refractivity contribution in [1.82, 2.24) is 4.98 Å². The highest BCUT2D eigenvalue weighted by atomic mass is 32.2. The first-order chi connectivity index (χ1) is 7.58. The van der Waals surface area contributed by atoms with Crippen molar-refractivity contribution in [2.75, 3.05) is 5.75 Å². The molecule has 0 fully saturated rings. The van der Waals surface area contributed by atoms with Gasteiger partial charge >= 0.3 is 0 Å². The van der Waals surface area contributed by atoms with Crippen LogP contribution in [0.2, 0.25) is 0 Å². The van der Waals surface area contributed by atoms with Crippen LogP contribution in [0.25, 0.3) is 0 Å². The van der Waals surface area contributed by atoms with Crippen molar-refractivity contribution in [1.29, 1.82) is 5.26 Å². The molecule has 16 heavy (non-hydrogen) atoms. The molecule has 82 valence electrons. The van der Waals surface area contributed by atoms with Gasteiger partial charge in [-0.25, -0.2) is 13.4 Å². The van der Waals surface area contributed by atoms with Gasteiger partial charge in [-0.2, -0.15) is 5.26 Å². The fourth-order valence-corrected chi connectivity index (χ4v) is 2.42. The number of aromatic nitrogens is 1. The zero-order chi connectivity index (χ0) is 11.8. The van der Waals surface area contributed by atoms with Gasteiger partial charge in [0.1, 0.15) is 11.0 Å². The quantitative estimate of drug-likeness (QED) is 0.741. The molecule has 1 aliphatic carbocycles. The van der Waals surface area contributed by atoms with Crippen LogP contribution in [0.15, 0.2) is 29.3 Å². The molecule has 0 saturated carbocycles. The van der Waals surface area contributed by atoms with Crippen LogP contribution in [0.1, 0.15) is 24.1 Å². The predicted octanol–water partition coefficient (Wildman–Crippen LogP) is 1.40. The summed E-state index contributed by atoms with van der Waals surface area (Å²) < 4.78 is 23.5. The molecular formula is C11H10N2O2S. The molecule has 1 aromatic rings. The fourth-order valence-electron chi connectivity index (χ4n) is 1.40. The van der Waals surface area contributed by atoms with Gasteiger partial charge in [0, 0.05) is 12.1 Å². The lowest BCUT2D eigenvalue weighted by molar-refractivity contribution is 0.596. The number of nitrogens with zero attached hydrogens (tertiary/aromatic N) is 2. The smallest absolute Gasteiger partial charge is 0.180 e. The van der Waals surface area contributed by atoms with Crippen molar-refractivity contribution >= 4 is 9.84 Å². The fraction of sp³-hybridized carbons (Fsp3) is 0.273. The Balaban J connectivity index is 2.56. The highest BCUT2D eigenvalue weighted by Gasteiger charge is 2.22. The van der Waals surface area contributed by atoms with Gasteiger partial charge in [0.2, 0.25) is 0 Å². The van der Waals surface area contributed by atoms with Crippen LogP contribution in [0.5, 0.6) is 0 Å². The third-order valence-electron chi connectivity index (χ3n) is 2.46. The van der Waals surface area contributed by atoms with E-state index in [-0.39, 0.29) is 22.3 Å². The van der Waals surface area contributed by atoms with E-state index in [4.69, 9.17) is 5.26 Å². The van der Waals surface area contributed by atoms with Gasteiger partial charge in [-0.1, -0.05) is 19.1 Å². The highest BCUT2D eigenvalue weighted by molar-refractivity contribution is 7.91. The van der Waals surface area contributed by atoms with Crippen molar-refractivity contribution in [3.05, 3.63) is 35.7 Å². The molecule has 0 amide bonds. The van der Waals surface area contributed by atoms with E-state index in [1.165, 1.54) is 0 Å². The first-order valence-corrected chi connectivity index (χ1v) is 6.55. The van der Waals surface area contributed by atoms with E-state index in [1.807, 2.05) is 18.2 Å². The van der Waals surface area contributed by atoms with Gasteiger partial charge < -0.3 is 0 Å². The number of allylic oxidation sites excluding steroid dienone is 2. The van der Waals surface area contributed by atoms with E-state index >= 15 is 0 Å². The third kappa shape index (κ3) is 1.84. The SMILES string of the molecule is CCS(=O)(=O)c1cc(C2C=C2)cnc1C#N. The van der Waals surface area contributed by atoms with E-state index in [9.17, 15) is 8.42 Å². The average molecular weight is 234 g/mol. The lowest BCUT2D eigenvalue weighted by Gasteiger charge is -2.05. The van der Waals surface area contributed by atoms with Crippen molar-refractivity contribution in [2.24, 2.45) is 0 Å². The molecule has 0 unspecified atom stereocenters. The summed E-state index contributed by atoms with van der Waals surface area (Å²) in [4.78, 5) is 3.94. The maximum atomic E-state index is 11.8. The number of nitriles is 1. The summed E-state index contributed by atoms with van der Waals surface area (Å²) in [6.07, 6.45) is 5.45. The molecule has 1 aromatic heterocycles. The van der Waals surface area contributed by atoms with Crippen molar-refractivity contribution in [2.45, 2.75) is 17.7 Å². The highest BCUT2D eigenvalue weighted by Crippen LogP contribution is 2.31. The summed E-state index contributed by atoms with van der Waals surface area (Å²) >= 11 is 0. The normalized spacial score (nSPS) is 14.8. The van der Waals surface area contributed by atoms with E-state index < -0.39 is 9.84 Å². The van der Waals surface area contributed by atoms with Crippen LogP contribution >= 0.6 is 0 Å². The zero-order valence-electron chi connectivity index (χ0n) is 8.71. The molecular weight excluding hydrogens is 224 g/mol. The van der Waals surface area contributed by atoms with Gasteiger partial charge in [-0.15, -0.1) is 0 Å². The van der Waals surface area contributed by atoms with Crippen LogP contribution < -0.4 is 0 Å². The number of hydrogen-bond donors (Lipinski definition) is 0. The Morgan fingerprint density at radius 2 is 2.19 bits per heavy atom. The van der Waals surface area contributed by atoms with Gasteiger partial charge in [0.15, 0.2) is 15.5 Å². The molecule has 0 bridgehead atoms. The summed E-state index contributed by atoms with van der Waals surface area (Å²) in [6.45, 7) is 1.55. The summed E-state index contributed by atoms with van der Waals surface area (Å²) in [6, 6.07) is 3.36. The molecule has 0 aliphatic heterocycles. The van der Waals surface area contributed by atoms with Crippen molar-refractivity contribution in [3.8, 4) is 6.07 Å².